The molecular weight excluding hydrogens is 368 g/mol. The molecule has 0 saturated heterocycles. The lowest BCUT2D eigenvalue weighted by Crippen LogP contribution is -2.41. The van der Waals surface area contributed by atoms with Crippen LogP contribution < -0.4 is 5.73 Å². The van der Waals surface area contributed by atoms with Crippen LogP contribution in [0.15, 0.2) is 64.6 Å². The Morgan fingerprint density at radius 1 is 1.21 bits per heavy atom. The number of pyridine rings is 1. The molecule has 1 unspecified atom stereocenters. The Bertz CT molecular complexity index is 1070. The molecule has 0 bridgehead atoms. The zero-order valence-corrected chi connectivity index (χ0v) is 14.7. The maximum atomic E-state index is 13.2. The van der Waals surface area contributed by atoms with E-state index in [0.29, 0.717) is 16.9 Å². The Balaban J connectivity index is 1.95. The van der Waals surface area contributed by atoms with E-state index >= 15 is 0 Å². The van der Waals surface area contributed by atoms with Crippen LogP contribution in [-0.2, 0) is 10.3 Å². The fourth-order valence-corrected chi connectivity index (χ4v) is 3.23. The largest absolute Gasteiger partial charge is 0.444 e. The smallest absolute Gasteiger partial charge is 0.280 e. The Morgan fingerprint density at radius 3 is 2.64 bits per heavy atom. The summed E-state index contributed by atoms with van der Waals surface area (Å²) in [6, 6.07) is 9.57. The van der Waals surface area contributed by atoms with Crippen molar-refractivity contribution in [2.24, 2.45) is 10.7 Å². The number of carbonyl (C=O) groups is 1. The molecule has 1 aromatic carbocycles. The highest BCUT2D eigenvalue weighted by Gasteiger charge is 2.49. The molecule has 0 radical (unpaired) electrons. The fraction of sp³-hybridized carbons (Fsp3) is 0.158. The number of guanidine groups is 1. The summed E-state index contributed by atoms with van der Waals surface area (Å²) in [7, 11) is 1.48. The van der Waals surface area contributed by atoms with Crippen molar-refractivity contribution in [3.05, 3.63) is 72.0 Å². The Labute approximate surface area is 158 Å². The van der Waals surface area contributed by atoms with Gasteiger partial charge in [0.2, 0.25) is 0 Å². The van der Waals surface area contributed by atoms with Crippen LogP contribution >= 0.6 is 0 Å². The van der Waals surface area contributed by atoms with Crippen molar-refractivity contribution < 1.29 is 18.0 Å². The van der Waals surface area contributed by atoms with Crippen molar-refractivity contribution in [3.63, 3.8) is 0 Å². The number of halogens is 2. The predicted molar refractivity (Wildman–Crippen MR) is 96.3 cm³/mol. The number of carbonyl (C=O) groups excluding carboxylic acids is 1. The number of likely N-dealkylation sites (N-methyl/N-ethyl adjacent to an activating group) is 1. The van der Waals surface area contributed by atoms with Gasteiger partial charge in [0.25, 0.3) is 12.3 Å². The summed E-state index contributed by atoms with van der Waals surface area (Å²) in [5.74, 6) is 0.0346. The number of oxazole rings is 1. The fourth-order valence-electron chi connectivity index (χ4n) is 3.23. The van der Waals surface area contributed by atoms with Crippen molar-refractivity contribution in [2.45, 2.75) is 12.0 Å². The van der Waals surface area contributed by atoms with Gasteiger partial charge in [-0.05, 0) is 29.3 Å². The molecule has 142 valence electrons. The lowest BCUT2D eigenvalue weighted by Gasteiger charge is -2.26. The summed E-state index contributed by atoms with van der Waals surface area (Å²) in [5, 5.41) is 0. The normalized spacial score (nSPS) is 19.4. The Hall–Kier alpha value is -3.62. The molecule has 28 heavy (non-hydrogen) atoms. The molecule has 1 atom stereocenters. The van der Waals surface area contributed by atoms with Gasteiger partial charge in [0.1, 0.15) is 5.69 Å². The van der Waals surface area contributed by atoms with E-state index in [1.54, 1.807) is 24.3 Å². The summed E-state index contributed by atoms with van der Waals surface area (Å²) in [5.41, 5.74) is 5.25. The molecule has 3 heterocycles. The molecule has 9 heteroatoms. The molecule has 2 aromatic heterocycles. The maximum Gasteiger partial charge on any atom is 0.280 e. The number of alkyl halides is 2. The minimum Gasteiger partial charge on any atom is -0.444 e. The van der Waals surface area contributed by atoms with Gasteiger partial charge in [0.05, 0.1) is 6.20 Å². The van der Waals surface area contributed by atoms with Gasteiger partial charge >= 0.3 is 0 Å². The van der Waals surface area contributed by atoms with Crippen molar-refractivity contribution in [3.8, 4) is 11.3 Å². The Kier molecular flexibility index (Phi) is 4.14. The van der Waals surface area contributed by atoms with Crippen LogP contribution in [0.1, 0.15) is 23.2 Å². The van der Waals surface area contributed by atoms with Crippen LogP contribution in [0.5, 0.6) is 0 Å². The highest BCUT2D eigenvalue weighted by molar-refractivity contribution is 6.09. The average Bonchev–Trinajstić information content (AvgIpc) is 3.32. The SMILES string of the molecule is CN1C(=O)C(c2cccc(-c3cnco3)c2)(c2ccnc(C(F)F)c2)N=C1N. The lowest BCUT2D eigenvalue weighted by atomic mass is 9.82. The number of benzene rings is 1. The van der Waals surface area contributed by atoms with Gasteiger partial charge in [0.15, 0.2) is 23.7 Å². The highest BCUT2D eigenvalue weighted by atomic mass is 19.3. The third kappa shape index (κ3) is 2.63. The predicted octanol–water partition coefficient (Wildman–Crippen LogP) is 2.70. The molecule has 0 spiro atoms. The monoisotopic (exact) mass is 383 g/mol. The zero-order chi connectivity index (χ0) is 19.9. The first-order chi connectivity index (χ1) is 13.4. The quantitative estimate of drug-likeness (QED) is 0.747. The third-order valence-electron chi connectivity index (χ3n) is 4.66. The molecule has 2 N–H and O–H groups in total. The van der Waals surface area contributed by atoms with E-state index in [0.717, 1.165) is 0 Å². The van der Waals surface area contributed by atoms with E-state index in [-0.39, 0.29) is 11.5 Å². The molecule has 4 rings (SSSR count). The number of aromatic nitrogens is 2. The van der Waals surface area contributed by atoms with Crippen molar-refractivity contribution >= 4 is 11.9 Å². The van der Waals surface area contributed by atoms with Gasteiger partial charge in [0, 0.05) is 18.8 Å². The van der Waals surface area contributed by atoms with Gasteiger partial charge in [-0.2, -0.15) is 0 Å². The molecule has 0 aliphatic carbocycles. The van der Waals surface area contributed by atoms with Crippen LogP contribution in [0.3, 0.4) is 0 Å². The summed E-state index contributed by atoms with van der Waals surface area (Å²) >= 11 is 0. The molecule has 1 amide bonds. The van der Waals surface area contributed by atoms with Gasteiger partial charge < -0.3 is 10.2 Å². The Morgan fingerprint density at radius 2 is 2.00 bits per heavy atom. The zero-order valence-electron chi connectivity index (χ0n) is 14.7. The number of amides is 1. The molecule has 1 aliphatic rings. The topological polar surface area (TPSA) is 97.6 Å². The average molecular weight is 383 g/mol. The van der Waals surface area contributed by atoms with Gasteiger partial charge in [-0.1, -0.05) is 18.2 Å². The molecule has 0 saturated carbocycles. The second-order valence-electron chi connectivity index (χ2n) is 6.26. The molecule has 0 fully saturated rings. The van der Waals surface area contributed by atoms with Crippen molar-refractivity contribution in [2.75, 3.05) is 7.05 Å². The van der Waals surface area contributed by atoms with E-state index in [1.165, 1.54) is 42.9 Å². The highest BCUT2D eigenvalue weighted by Crippen LogP contribution is 2.41. The summed E-state index contributed by atoms with van der Waals surface area (Å²) in [6.45, 7) is 0. The lowest BCUT2D eigenvalue weighted by molar-refractivity contribution is -0.129. The summed E-state index contributed by atoms with van der Waals surface area (Å²) in [6.07, 6.45) is 1.28. The van der Waals surface area contributed by atoms with E-state index in [9.17, 15) is 13.6 Å². The van der Waals surface area contributed by atoms with Gasteiger partial charge in [-0.25, -0.2) is 18.8 Å². The van der Waals surface area contributed by atoms with Crippen LogP contribution in [0.25, 0.3) is 11.3 Å². The number of nitrogens with zero attached hydrogens (tertiary/aromatic N) is 4. The second-order valence-corrected chi connectivity index (χ2v) is 6.26. The number of aliphatic imine (C=N–C) groups is 1. The summed E-state index contributed by atoms with van der Waals surface area (Å²) < 4.78 is 31.8. The van der Waals surface area contributed by atoms with E-state index in [2.05, 4.69) is 15.0 Å². The van der Waals surface area contributed by atoms with E-state index < -0.39 is 23.6 Å². The first-order valence-electron chi connectivity index (χ1n) is 8.31. The standard InChI is InChI=1S/C19H15F2N5O2/c1-26-17(27)19(25-18(26)22,13-5-6-24-14(8-13)16(20)21)12-4-2-3-11(7-12)15-9-23-10-28-15/h2-10,16H,1H3,(H2,22,25). The molecule has 7 nitrogen and oxygen atoms in total. The van der Waals surface area contributed by atoms with Crippen LogP contribution in [0.4, 0.5) is 8.78 Å². The molecule has 1 aliphatic heterocycles. The number of hydrogen-bond acceptors (Lipinski definition) is 6. The third-order valence-corrected chi connectivity index (χ3v) is 4.66. The van der Waals surface area contributed by atoms with Crippen LogP contribution in [0.2, 0.25) is 0 Å². The maximum absolute atomic E-state index is 13.2. The first kappa shape index (κ1) is 17.8. The summed E-state index contributed by atoms with van der Waals surface area (Å²) in [4.78, 5) is 26.4. The minimum absolute atomic E-state index is 0.00882. The van der Waals surface area contributed by atoms with Crippen LogP contribution in [-0.4, -0.2) is 33.8 Å². The van der Waals surface area contributed by atoms with Crippen molar-refractivity contribution in [1.82, 2.24) is 14.9 Å². The van der Waals surface area contributed by atoms with Crippen LogP contribution in [0, 0.1) is 0 Å². The minimum atomic E-state index is -2.78. The van der Waals surface area contributed by atoms with Gasteiger partial charge in [-0.15, -0.1) is 0 Å². The number of hydrogen-bond donors (Lipinski definition) is 1. The second kappa shape index (κ2) is 6.52. The first-order valence-corrected chi connectivity index (χ1v) is 8.31. The molecule has 3 aromatic rings. The number of rotatable bonds is 4. The van der Waals surface area contributed by atoms with Crippen molar-refractivity contribution in [1.29, 1.82) is 0 Å². The molecular formula is C19H15F2N5O2. The van der Waals surface area contributed by atoms with E-state index in [4.69, 9.17) is 10.2 Å². The number of nitrogens with two attached hydrogens (primary N) is 1. The van der Waals surface area contributed by atoms with E-state index in [1.807, 2.05) is 0 Å². The van der Waals surface area contributed by atoms with Gasteiger partial charge in [-0.3, -0.25) is 14.7 Å².